The molecular weight excluding hydrogens is 478 g/mol. The normalized spacial score (nSPS) is 12.7. The number of hydrogen-bond acceptors (Lipinski definition) is 6. The highest BCUT2D eigenvalue weighted by atomic mass is 32.1. The minimum Gasteiger partial charge on any atom is -0.491 e. The molecular formula is C27H29N3O5S. The largest absolute Gasteiger partial charge is 0.491 e. The van der Waals surface area contributed by atoms with Crippen molar-refractivity contribution in [2.45, 2.75) is 33.9 Å². The van der Waals surface area contributed by atoms with Gasteiger partial charge in [-0.2, -0.15) is 0 Å². The van der Waals surface area contributed by atoms with Gasteiger partial charge in [-0.15, -0.1) is 11.3 Å². The van der Waals surface area contributed by atoms with E-state index in [1.165, 1.54) is 11.3 Å². The molecule has 9 heteroatoms. The van der Waals surface area contributed by atoms with Crippen LogP contribution in [0.15, 0.2) is 53.9 Å². The van der Waals surface area contributed by atoms with E-state index in [0.717, 1.165) is 22.4 Å². The number of aryl methyl sites for hydroxylation is 1. The summed E-state index contributed by atoms with van der Waals surface area (Å²) in [6.07, 6.45) is 0. The number of amides is 3. The van der Waals surface area contributed by atoms with Gasteiger partial charge < -0.3 is 24.6 Å². The highest BCUT2D eigenvalue weighted by Crippen LogP contribution is 2.28. The van der Waals surface area contributed by atoms with Gasteiger partial charge in [0.05, 0.1) is 31.9 Å². The number of esters is 1. The lowest BCUT2D eigenvalue weighted by Gasteiger charge is -2.23. The number of rotatable bonds is 6. The lowest BCUT2D eigenvalue weighted by molar-refractivity contribution is -0.116. The van der Waals surface area contributed by atoms with E-state index in [4.69, 9.17) is 9.47 Å². The minimum atomic E-state index is -0.458. The van der Waals surface area contributed by atoms with Crippen LogP contribution in [0, 0.1) is 6.92 Å². The third kappa shape index (κ3) is 5.85. The predicted octanol–water partition coefficient (Wildman–Crippen LogP) is 5.21. The number of ether oxygens (including phenoxy) is 2. The van der Waals surface area contributed by atoms with Crippen LogP contribution in [0.3, 0.4) is 0 Å². The van der Waals surface area contributed by atoms with Crippen molar-refractivity contribution in [3.8, 4) is 5.75 Å². The molecule has 1 aromatic heterocycles. The van der Waals surface area contributed by atoms with E-state index in [0.29, 0.717) is 42.6 Å². The molecule has 4 rings (SSSR count). The smallest absolute Gasteiger partial charge is 0.350 e. The molecule has 1 N–H and O–H groups in total. The first-order chi connectivity index (χ1) is 17.4. The second kappa shape index (κ2) is 11.3. The van der Waals surface area contributed by atoms with Crippen LogP contribution in [0.5, 0.6) is 5.75 Å². The Morgan fingerprint density at radius 2 is 1.92 bits per heavy atom. The molecule has 188 valence electrons. The molecule has 0 saturated carbocycles. The number of hydrogen-bond donors (Lipinski definition) is 1. The van der Waals surface area contributed by atoms with E-state index in [1.807, 2.05) is 49.4 Å². The second-order valence-electron chi connectivity index (χ2n) is 8.47. The van der Waals surface area contributed by atoms with Crippen LogP contribution in [0.1, 0.15) is 40.2 Å². The number of thiophene rings is 1. The molecule has 0 spiro atoms. The number of nitrogens with zero attached hydrogens (tertiary/aromatic N) is 2. The van der Waals surface area contributed by atoms with Crippen molar-refractivity contribution in [2.24, 2.45) is 0 Å². The molecule has 0 fully saturated rings. The van der Waals surface area contributed by atoms with Crippen LogP contribution in [0.2, 0.25) is 0 Å². The van der Waals surface area contributed by atoms with Crippen LogP contribution in [-0.2, 0) is 22.6 Å². The first kappa shape index (κ1) is 25.2. The van der Waals surface area contributed by atoms with E-state index in [9.17, 15) is 14.4 Å². The third-order valence-corrected chi connectivity index (χ3v) is 6.72. The lowest BCUT2D eigenvalue weighted by Crippen LogP contribution is -2.36. The van der Waals surface area contributed by atoms with Gasteiger partial charge in [-0.25, -0.2) is 9.59 Å². The third-order valence-electron chi connectivity index (χ3n) is 5.83. The Bertz CT molecular complexity index is 1250. The number of carbonyl (C=O) groups is 3. The summed E-state index contributed by atoms with van der Waals surface area (Å²) < 4.78 is 11.0. The number of carbonyl (C=O) groups excluding carboxylic acids is 3. The predicted molar refractivity (Wildman–Crippen MR) is 140 cm³/mol. The fourth-order valence-electron chi connectivity index (χ4n) is 3.97. The summed E-state index contributed by atoms with van der Waals surface area (Å²) in [5, 5.41) is 4.57. The molecule has 8 nitrogen and oxygen atoms in total. The standard InChI is InChI=1S/C27H29N3O5S/c1-4-34-26(32)25-23(11-14-36-25)28-27(33)29-12-13-35-24-10-7-20(15-21(24)17-29)16-30(19(3)31)22-8-5-18(2)6-9-22/h5-11,14-15H,4,12-13,16-17H2,1-3H3,(H,28,33). The highest BCUT2D eigenvalue weighted by molar-refractivity contribution is 7.12. The van der Waals surface area contributed by atoms with Crippen LogP contribution in [0.4, 0.5) is 16.2 Å². The maximum atomic E-state index is 13.1. The topological polar surface area (TPSA) is 88.2 Å². The van der Waals surface area contributed by atoms with E-state index in [2.05, 4.69) is 5.32 Å². The molecule has 0 radical (unpaired) electrons. The van der Waals surface area contributed by atoms with Gasteiger partial charge in [0, 0.05) is 18.2 Å². The number of anilines is 2. The van der Waals surface area contributed by atoms with Crippen LogP contribution < -0.4 is 15.0 Å². The van der Waals surface area contributed by atoms with Gasteiger partial charge in [-0.05, 0) is 55.1 Å². The molecule has 0 bridgehead atoms. The maximum absolute atomic E-state index is 13.1. The van der Waals surface area contributed by atoms with Crippen molar-refractivity contribution in [2.75, 3.05) is 30.0 Å². The molecule has 3 amide bonds. The molecule has 2 aromatic carbocycles. The molecule has 1 aliphatic heterocycles. The molecule has 0 aliphatic carbocycles. The zero-order valence-corrected chi connectivity index (χ0v) is 21.4. The Kier molecular flexibility index (Phi) is 7.90. The maximum Gasteiger partial charge on any atom is 0.350 e. The molecule has 1 aliphatic rings. The Labute approximate surface area is 214 Å². The Morgan fingerprint density at radius 3 is 2.64 bits per heavy atom. The summed E-state index contributed by atoms with van der Waals surface area (Å²) in [5.74, 6) is 0.196. The van der Waals surface area contributed by atoms with Crippen LogP contribution in [0.25, 0.3) is 0 Å². The van der Waals surface area contributed by atoms with Crippen molar-refractivity contribution >= 4 is 40.6 Å². The van der Waals surface area contributed by atoms with E-state index < -0.39 is 5.97 Å². The van der Waals surface area contributed by atoms with Gasteiger partial charge in [-0.3, -0.25) is 4.79 Å². The van der Waals surface area contributed by atoms with Crippen molar-refractivity contribution in [3.05, 3.63) is 75.5 Å². The Balaban J connectivity index is 1.50. The average molecular weight is 508 g/mol. The van der Waals surface area contributed by atoms with Gasteiger partial charge >= 0.3 is 12.0 Å². The van der Waals surface area contributed by atoms with Gasteiger partial charge in [0.2, 0.25) is 5.91 Å². The number of urea groups is 1. The highest BCUT2D eigenvalue weighted by Gasteiger charge is 2.23. The minimum absolute atomic E-state index is 0.0563. The molecule has 3 aromatic rings. The SMILES string of the molecule is CCOC(=O)c1sccc1NC(=O)N1CCOc2ccc(CN(C(C)=O)c3ccc(C)cc3)cc2C1. The second-order valence-corrected chi connectivity index (χ2v) is 9.38. The summed E-state index contributed by atoms with van der Waals surface area (Å²) in [6.45, 7) is 7.02. The zero-order chi connectivity index (χ0) is 25.7. The molecule has 0 saturated heterocycles. The fraction of sp³-hybridized carbons (Fsp3) is 0.296. The molecule has 2 heterocycles. The summed E-state index contributed by atoms with van der Waals surface area (Å²) >= 11 is 1.22. The summed E-state index contributed by atoms with van der Waals surface area (Å²) in [4.78, 5) is 41.4. The van der Waals surface area contributed by atoms with Crippen LogP contribution >= 0.6 is 11.3 Å². The first-order valence-electron chi connectivity index (χ1n) is 11.8. The van der Waals surface area contributed by atoms with Crippen LogP contribution in [-0.4, -0.2) is 42.6 Å². The van der Waals surface area contributed by atoms with Crippen molar-refractivity contribution in [3.63, 3.8) is 0 Å². The van der Waals surface area contributed by atoms with E-state index in [-0.39, 0.29) is 18.5 Å². The Morgan fingerprint density at radius 1 is 1.14 bits per heavy atom. The van der Waals surface area contributed by atoms with E-state index >= 15 is 0 Å². The van der Waals surface area contributed by atoms with Gasteiger partial charge in [0.1, 0.15) is 17.2 Å². The number of benzene rings is 2. The van der Waals surface area contributed by atoms with Gasteiger partial charge in [0.15, 0.2) is 0 Å². The zero-order valence-electron chi connectivity index (χ0n) is 20.6. The first-order valence-corrected chi connectivity index (χ1v) is 12.6. The van der Waals surface area contributed by atoms with Crippen molar-refractivity contribution in [1.82, 2.24) is 4.90 Å². The van der Waals surface area contributed by atoms with Gasteiger partial charge in [-0.1, -0.05) is 23.8 Å². The number of fused-ring (bicyclic) bond motifs is 1. The van der Waals surface area contributed by atoms with E-state index in [1.54, 1.807) is 35.1 Å². The average Bonchev–Trinajstić information content (AvgIpc) is 3.20. The molecule has 36 heavy (non-hydrogen) atoms. The lowest BCUT2D eigenvalue weighted by atomic mass is 10.1. The van der Waals surface area contributed by atoms with Crippen molar-refractivity contribution < 1.29 is 23.9 Å². The Hall–Kier alpha value is -3.85. The monoisotopic (exact) mass is 507 g/mol. The fourth-order valence-corrected chi connectivity index (χ4v) is 4.71. The summed E-state index contributed by atoms with van der Waals surface area (Å²) in [7, 11) is 0. The molecule has 0 atom stereocenters. The van der Waals surface area contributed by atoms with Crippen molar-refractivity contribution in [1.29, 1.82) is 0 Å². The number of nitrogens with one attached hydrogen (secondary N) is 1. The summed E-state index contributed by atoms with van der Waals surface area (Å²) in [6, 6.07) is 15.0. The quantitative estimate of drug-likeness (QED) is 0.463. The van der Waals surface area contributed by atoms with Gasteiger partial charge in [0.25, 0.3) is 0 Å². The summed E-state index contributed by atoms with van der Waals surface area (Å²) in [5.41, 5.74) is 4.16. The molecule has 0 unspecified atom stereocenters.